The number of nitrogens with zero attached hydrogens (tertiary/aromatic N) is 3. The van der Waals surface area contributed by atoms with Gasteiger partial charge in [0.05, 0.1) is 27.3 Å². The van der Waals surface area contributed by atoms with Gasteiger partial charge in [-0.2, -0.15) is 0 Å². The first-order valence-corrected chi connectivity index (χ1v) is 12.1. The number of aromatic nitrogens is 2. The molecule has 1 aromatic heterocycles. The van der Waals surface area contributed by atoms with E-state index in [0.717, 1.165) is 24.1 Å². The third kappa shape index (κ3) is 4.98. The van der Waals surface area contributed by atoms with Gasteiger partial charge in [-0.05, 0) is 78.9 Å². The summed E-state index contributed by atoms with van der Waals surface area (Å²) in [6.07, 6.45) is 5.05. The van der Waals surface area contributed by atoms with Gasteiger partial charge in [0.2, 0.25) is 0 Å². The molecule has 4 aromatic rings. The smallest absolute Gasteiger partial charge is 0.261 e. The van der Waals surface area contributed by atoms with Crippen LogP contribution in [0.2, 0.25) is 10.0 Å². The molecule has 0 unspecified atom stereocenters. The van der Waals surface area contributed by atoms with Crippen LogP contribution in [0.4, 0.5) is 0 Å². The average molecular weight is 478 g/mol. The summed E-state index contributed by atoms with van der Waals surface area (Å²) < 4.78 is 1.69. The maximum Gasteiger partial charge on any atom is 0.261 e. The Bertz CT molecular complexity index is 1340. The molecule has 4 nitrogen and oxygen atoms in total. The Labute approximate surface area is 203 Å². The third-order valence-corrected chi connectivity index (χ3v) is 7.09. The second-order valence-electron chi connectivity index (χ2n) is 8.65. The number of hydrogen-bond acceptors (Lipinski definition) is 3. The lowest BCUT2D eigenvalue weighted by atomic mass is 10.0. The summed E-state index contributed by atoms with van der Waals surface area (Å²) in [4.78, 5) is 20.1. The molecule has 6 heteroatoms. The van der Waals surface area contributed by atoms with Gasteiger partial charge in [0.25, 0.3) is 5.56 Å². The molecule has 0 amide bonds. The third-order valence-electron chi connectivity index (χ3n) is 6.35. The summed E-state index contributed by atoms with van der Waals surface area (Å²) >= 11 is 12.2. The molecule has 1 saturated heterocycles. The Morgan fingerprint density at radius 2 is 1.52 bits per heavy atom. The van der Waals surface area contributed by atoms with Crippen LogP contribution in [0.15, 0.2) is 71.8 Å². The first kappa shape index (κ1) is 22.1. The quantitative estimate of drug-likeness (QED) is 0.331. The van der Waals surface area contributed by atoms with Crippen LogP contribution in [0, 0.1) is 0 Å². The normalized spacial score (nSPS) is 14.2. The zero-order chi connectivity index (χ0) is 22.8. The number of benzene rings is 3. The molecule has 33 heavy (non-hydrogen) atoms. The molecule has 0 radical (unpaired) electrons. The molecule has 0 saturated carbocycles. The van der Waals surface area contributed by atoms with E-state index in [1.54, 1.807) is 17.0 Å². The molecule has 168 valence electrons. The van der Waals surface area contributed by atoms with Crippen LogP contribution in [0.5, 0.6) is 0 Å². The second kappa shape index (κ2) is 9.68. The van der Waals surface area contributed by atoms with Crippen molar-refractivity contribution < 1.29 is 0 Å². The summed E-state index contributed by atoms with van der Waals surface area (Å²) in [5, 5.41) is 1.63. The number of likely N-dealkylation sites (tertiary alicyclic amines) is 1. The van der Waals surface area contributed by atoms with Gasteiger partial charge in [-0.25, -0.2) is 4.98 Å². The zero-order valence-electron chi connectivity index (χ0n) is 18.3. The van der Waals surface area contributed by atoms with Crippen LogP contribution >= 0.6 is 23.2 Å². The molecule has 1 aliphatic rings. The lowest BCUT2D eigenvalue weighted by Crippen LogP contribution is -2.21. The minimum atomic E-state index is -0.0219. The highest BCUT2D eigenvalue weighted by Gasteiger charge is 2.12. The largest absolute Gasteiger partial charge is 0.299 e. The minimum absolute atomic E-state index is 0.0219. The summed E-state index contributed by atoms with van der Waals surface area (Å²) in [5.41, 5.74) is 5.10. The van der Waals surface area contributed by atoms with Gasteiger partial charge < -0.3 is 0 Å². The van der Waals surface area contributed by atoms with Crippen LogP contribution in [0.1, 0.15) is 24.0 Å². The summed E-state index contributed by atoms with van der Waals surface area (Å²) in [5.74, 6) is 0. The van der Waals surface area contributed by atoms with E-state index in [2.05, 4.69) is 34.1 Å². The fourth-order valence-electron chi connectivity index (χ4n) is 4.43. The SMILES string of the molecule is O=c1c2ccc(-c3ccc(Cl)c(Cl)c3)cc2ncn1CCc1ccc(CN2CCCC2)cc1. The molecule has 5 rings (SSSR count). The zero-order valence-corrected chi connectivity index (χ0v) is 19.8. The topological polar surface area (TPSA) is 38.1 Å². The summed E-state index contributed by atoms with van der Waals surface area (Å²) in [6, 6.07) is 20.0. The van der Waals surface area contributed by atoms with Gasteiger partial charge in [-0.3, -0.25) is 14.3 Å². The fourth-order valence-corrected chi connectivity index (χ4v) is 4.73. The van der Waals surface area contributed by atoms with Crippen molar-refractivity contribution in [1.82, 2.24) is 14.5 Å². The maximum atomic E-state index is 13.0. The van der Waals surface area contributed by atoms with Gasteiger partial charge in [0.1, 0.15) is 0 Å². The Kier molecular flexibility index (Phi) is 6.50. The second-order valence-corrected chi connectivity index (χ2v) is 9.47. The van der Waals surface area contributed by atoms with Crippen molar-refractivity contribution in [1.29, 1.82) is 0 Å². The molecule has 0 atom stereocenters. The fraction of sp³-hybridized carbons (Fsp3) is 0.259. The van der Waals surface area contributed by atoms with Gasteiger partial charge in [0, 0.05) is 13.1 Å². The predicted octanol–water partition coefficient (Wildman–Crippen LogP) is 6.21. The van der Waals surface area contributed by atoms with Crippen molar-refractivity contribution in [2.45, 2.75) is 32.4 Å². The van der Waals surface area contributed by atoms with Gasteiger partial charge in [-0.1, -0.05) is 59.6 Å². The maximum absolute atomic E-state index is 13.0. The van der Waals surface area contributed by atoms with Gasteiger partial charge in [-0.15, -0.1) is 0 Å². The van der Waals surface area contributed by atoms with Gasteiger partial charge in [0.15, 0.2) is 0 Å². The van der Waals surface area contributed by atoms with Crippen molar-refractivity contribution in [2.24, 2.45) is 0 Å². The molecule has 1 aliphatic heterocycles. The average Bonchev–Trinajstić information content (AvgIpc) is 3.34. The van der Waals surface area contributed by atoms with Crippen LogP contribution in [0.3, 0.4) is 0 Å². The highest BCUT2D eigenvalue weighted by molar-refractivity contribution is 6.42. The lowest BCUT2D eigenvalue weighted by Gasteiger charge is -2.14. The van der Waals surface area contributed by atoms with E-state index in [1.165, 1.54) is 37.1 Å². The van der Waals surface area contributed by atoms with Crippen LogP contribution < -0.4 is 5.56 Å². The Hall–Kier alpha value is -2.66. The van der Waals surface area contributed by atoms with Crippen LogP contribution in [-0.2, 0) is 19.5 Å². The number of halogens is 2. The molecule has 1 fully saturated rings. The van der Waals surface area contributed by atoms with E-state index in [1.807, 2.05) is 30.3 Å². The number of aryl methyl sites for hydroxylation is 2. The van der Waals surface area contributed by atoms with Crippen LogP contribution in [0.25, 0.3) is 22.0 Å². The summed E-state index contributed by atoms with van der Waals surface area (Å²) in [6.45, 7) is 4.03. The Balaban J connectivity index is 1.30. The molecule has 0 bridgehead atoms. The van der Waals surface area contributed by atoms with Crippen LogP contribution in [-0.4, -0.2) is 27.5 Å². The van der Waals surface area contributed by atoms with E-state index in [4.69, 9.17) is 23.2 Å². The van der Waals surface area contributed by atoms with E-state index in [9.17, 15) is 4.79 Å². The molecule has 0 aliphatic carbocycles. The highest BCUT2D eigenvalue weighted by atomic mass is 35.5. The van der Waals surface area contributed by atoms with Gasteiger partial charge >= 0.3 is 0 Å². The molecule has 0 N–H and O–H groups in total. The van der Waals surface area contributed by atoms with Crippen molar-refractivity contribution in [2.75, 3.05) is 13.1 Å². The van der Waals surface area contributed by atoms with E-state index < -0.39 is 0 Å². The molecule has 2 heterocycles. The molecule has 0 spiro atoms. The Morgan fingerprint density at radius 1 is 0.818 bits per heavy atom. The predicted molar refractivity (Wildman–Crippen MR) is 136 cm³/mol. The molecular weight excluding hydrogens is 453 g/mol. The van der Waals surface area contributed by atoms with E-state index in [0.29, 0.717) is 27.5 Å². The molecule has 3 aromatic carbocycles. The number of fused-ring (bicyclic) bond motifs is 1. The first-order chi connectivity index (χ1) is 16.1. The number of rotatable bonds is 6. The molecular formula is C27H25Cl2N3O. The van der Waals surface area contributed by atoms with Crippen molar-refractivity contribution in [3.05, 3.63) is 98.5 Å². The van der Waals surface area contributed by atoms with Crippen molar-refractivity contribution in [3.8, 4) is 11.1 Å². The Morgan fingerprint density at radius 3 is 2.27 bits per heavy atom. The first-order valence-electron chi connectivity index (χ1n) is 11.3. The number of hydrogen-bond donors (Lipinski definition) is 0. The highest BCUT2D eigenvalue weighted by Crippen LogP contribution is 2.29. The van der Waals surface area contributed by atoms with E-state index in [-0.39, 0.29) is 5.56 Å². The standard InChI is InChI=1S/C27H25Cl2N3O/c28-24-10-8-21(15-25(24)29)22-7-9-23-26(16-22)30-18-32(27(23)33)14-11-19-3-5-20(6-4-19)17-31-12-1-2-13-31/h3-10,15-16,18H,1-2,11-14,17H2. The van der Waals surface area contributed by atoms with E-state index >= 15 is 0 Å². The van der Waals surface area contributed by atoms with Crippen molar-refractivity contribution in [3.63, 3.8) is 0 Å². The summed E-state index contributed by atoms with van der Waals surface area (Å²) in [7, 11) is 0. The lowest BCUT2D eigenvalue weighted by molar-refractivity contribution is 0.331. The van der Waals surface area contributed by atoms with Crippen molar-refractivity contribution >= 4 is 34.1 Å². The monoisotopic (exact) mass is 477 g/mol. The minimum Gasteiger partial charge on any atom is -0.299 e.